The van der Waals surface area contributed by atoms with Gasteiger partial charge in [-0.1, -0.05) is 0 Å². The van der Waals surface area contributed by atoms with E-state index in [-0.39, 0.29) is 11.5 Å². The predicted octanol–water partition coefficient (Wildman–Crippen LogP) is 1.69. The Morgan fingerprint density at radius 1 is 1.47 bits per heavy atom. The van der Waals surface area contributed by atoms with Crippen molar-refractivity contribution in [2.45, 2.75) is 13.3 Å². The molecule has 6 heteroatoms. The predicted molar refractivity (Wildman–Crippen MR) is 71.2 cm³/mol. The Labute approximate surface area is 111 Å². The molecule has 1 amide bonds. The van der Waals surface area contributed by atoms with Crippen LogP contribution < -0.4 is 10.2 Å². The number of amides is 1. The Morgan fingerprint density at radius 3 is 2.68 bits per heavy atom. The molecule has 1 aromatic rings. The number of hydrogen-bond acceptors (Lipinski definition) is 4. The molecule has 0 aliphatic rings. The summed E-state index contributed by atoms with van der Waals surface area (Å²) in [6.07, 6.45) is 0.309. The van der Waals surface area contributed by atoms with Crippen LogP contribution in [0.2, 0.25) is 0 Å². The Balaban J connectivity index is 3.08. The highest BCUT2D eigenvalue weighted by atomic mass is 16.4. The van der Waals surface area contributed by atoms with Crippen LogP contribution >= 0.6 is 0 Å². The molecule has 0 aliphatic heterocycles. The van der Waals surface area contributed by atoms with Crippen molar-refractivity contribution in [3.63, 3.8) is 0 Å². The van der Waals surface area contributed by atoms with Gasteiger partial charge < -0.3 is 15.3 Å². The van der Waals surface area contributed by atoms with Crippen molar-refractivity contribution in [2.24, 2.45) is 0 Å². The van der Waals surface area contributed by atoms with Crippen molar-refractivity contribution >= 4 is 23.3 Å². The maximum Gasteiger partial charge on any atom is 0.337 e. The smallest absolute Gasteiger partial charge is 0.337 e. The lowest BCUT2D eigenvalue weighted by Gasteiger charge is -2.20. The van der Waals surface area contributed by atoms with E-state index < -0.39 is 5.97 Å². The van der Waals surface area contributed by atoms with Gasteiger partial charge in [-0.2, -0.15) is 5.26 Å². The topological polar surface area (TPSA) is 93.4 Å². The number of hydrogen-bond donors (Lipinski definition) is 2. The number of nitrogens with one attached hydrogen (secondary N) is 1. The second-order valence-corrected chi connectivity index (χ2v) is 4.05. The van der Waals surface area contributed by atoms with Crippen LogP contribution in [0.4, 0.5) is 11.4 Å². The van der Waals surface area contributed by atoms with Crippen LogP contribution in [-0.2, 0) is 4.79 Å². The number of carboxylic acids is 1. The molecule has 1 aromatic carbocycles. The molecule has 0 bridgehead atoms. The van der Waals surface area contributed by atoms with Crippen molar-refractivity contribution < 1.29 is 14.7 Å². The molecule has 0 radical (unpaired) electrons. The lowest BCUT2D eigenvalue weighted by atomic mass is 10.1. The minimum absolute atomic E-state index is 0.0895. The molecule has 1 rings (SSSR count). The number of rotatable bonds is 5. The summed E-state index contributed by atoms with van der Waals surface area (Å²) in [5.41, 5.74) is 1.03. The summed E-state index contributed by atoms with van der Waals surface area (Å²) >= 11 is 0. The molecular formula is C13H15N3O3. The quantitative estimate of drug-likeness (QED) is 0.841. The van der Waals surface area contributed by atoms with Gasteiger partial charge in [-0.05, 0) is 18.2 Å². The van der Waals surface area contributed by atoms with Crippen molar-refractivity contribution in [3.05, 3.63) is 23.8 Å². The van der Waals surface area contributed by atoms with Gasteiger partial charge in [-0.25, -0.2) is 4.79 Å². The van der Waals surface area contributed by atoms with Gasteiger partial charge in [-0.3, -0.25) is 4.79 Å². The van der Waals surface area contributed by atoms with E-state index in [1.807, 2.05) is 6.07 Å². The Kier molecular flexibility index (Phi) is 4.89. The number of carbonyl (C=O) groups is 2. The van der Waals surface area contributed by atoms with Crippen LogP contribution in [-0.4, -0.2) is 30.6 Å². The van der Waals surface area contributed by atoms with E-state index in [0.717, 1.165) is 0 Å². The first-order valence-electron chi connectivity index (χ1n) is 5.68. The first kappa shape index (κ1) is 14.5. The van der Waals surface area contributed by atoms with E-state index in [9.17, 15) is 14.7 Å². The first-order valence-corrected chi connectivity index (χ1v) is 5.68. The molecule has 0 aliphatic carbocycles. The third-order valence-electron chi connectivity index (χ3n) is 2.52. The summed E-state index contributed by atoms with van der Waals surface area (Å²) in [4.78, 5) is 23.9. The minimum Gasteiger partial charge on any atom is -0.478 e. The standard InChI is InChI=1S/C13H15N3O3/c1-9(17)15-10-4-5-12(11(8-10)13(18)19)16(2)7-3-6-14/h4-5,8H,3,7H2,1-2H3,(H,15,17)(H,18,19). The molecule has 0 atom stereocenters. The second kappa shape index (κ2) is 6.40. The maximum atomic E-state index is 11.2. The van der Waals surface area contributed by atoms with Gasteiger partial charge in [0.15, 0.2) is 0 Å². The number of carbonyl (C=O) groups excluding carboxylic acids is 1. The molecular weight excluding hydrogens is 246 g/mol. The second-order valence-electron chi connectivity index (χ2n) is 4.05. The van der Waals surface area contributed by atoms with Crippen LogP contribution in [0.1, 0.15) is 23.7 Å². The molecule has 100 valence electrons. The van der Waals surface area contributed by atoms with E-state index >= 15 is 0 Å². The van der Waals surface area contributed by atoms with E-state index in [1.165, 1.54) is 13.0 Å². The molecule has 0 unspecified atom stereocenters. The fourth-order valence-electron chi connectivity index (χ4n) is 1.66. The normalized spacial score (nSPS) is 9.53. The van der Waals surface area contributed by atoms with Crippen molar-refractivity contribution in [1.29, 1.82) is 5.26 Å². The molecule has 0 saturated carbocycles. The zero-order chi connectivity index (χ0) is 14.4. The largest absolute Gasteiger partial charge is 0.478 e. The molecule has 0 spiro atoms. The monoisotopic (exact) mass is 261 g/mol. The molecule has 6 nitrogen and oxygen atoms in total. The van der Waals surface area contributed by atoms with Gasteiger partial charge >= 0.3 is 5.97 Å². The van der Waals surface area contributed by atoms with E-state index in [1.54, 1.807) is 24.1 Å². The summed E-state index contributed by atoms with van der Waals surface area (Å²) in [7, 11) is 1.72. The van der Waals surface area contributed by atoms with Gasteiger partial charge in [0.2, 0.25) is 5.91 Å². The van der Waals surface area contributed by atoms with Crippen LogP contribution in [0.15, 0.2) is 18.2 Å². The molecule has 19 heavy (non-hydrogen) atoms. The third kappa shape index (κ3) is 4.00. The van der Waals surface area contributed by atoms with E-state index in [4.69, 9.17) is 5.26 Å². The Bertz CT molecular complexity index is 534. The fraction of sp³-hybridized carbons (Fsp3) is 0.308. The zero-order valence-corrected chi connectivity index (χ0v) is 10.8. The van der Waals surface area contributed by atoms with Crippen LogP contribution in [0.3, 0.4) is 0 Å². The summed E-state index contributed by atoms with van der Waals surface area (Å²) < 4.78 is 0. The van der Waals surface area contributed by atoms with Gasteiger partial charge in [0, 0.05) is 26.2 Å². The Hall–Kier alpha value is -2.55. The fourth-order valence-corrected chi connectivity index (χ4v) is 1.66. The van der Waals surface area contributed by atoms with Gasteiger partial charge in [0.1, 0.15) is 0 Å². The van der Waals surface area contributed by atoms with Crippen molar-refractivity contribution in [1.82, 2.24) is 0 Å². The number of carboxylic acid groups (broad SMARTS) is 1. The van der Waals surface area contributed by atoms with Crippen molar-refractivity contribution in [2.75, 3.05) is 23.8 Å². The number of anilines is 2. The molecule has 0 fully saturated rings. The summed E-state index contributed by atoms with van der Waals surface area (Å²) in [6, 6.07) is 6.66. The highest BCUT2D eigenvalue weighted by Crippen LogP contribution is 2.24. The number of nitriles is 1. The number of aromatic carboxylic acids is 1. The number of benzene rings is 1. The van der Waals surface area contributed by atoms with Crippen LogP contribution in [0, 0.1) is 11.3 Å². The molecule has 0 saturated heterocycles. The summed E-state index contributed by atoms with van der Waals surface area (Å²) in [6.45, 7) is 1.80. The zero-order valence-electron chi connectivity index (χ0n) is 10.8. The average molecular weight is 261 g/mol. The lowest BCUT2D eigenvalue weighted by Crippen LogP contribution is -2.21. The first-order chi connectivity index (χ1) is 8.95. The van der Waals surface area contributed by atoms with Crippen LogP contribution in [0.5, 0.6) is 0 Å². The number of nitrogens with zero attached hydrogens (tertiary/aromatic N) is 2. The lowest BCUT2D eigenvalue weighted by molar-refractivity contribution is -0.114. The highest BCUT2D eigenvalue weighted by molar-refractivity contribution is 5.97. The highest BCUT2D eigenvalue weighted by Gasteiger charge is 2.14. The van der Waals surface area contributed by atoms with Gasteiger partial charge in [-0.15, -0.1) is 0 Å². The van der Waals surface area contributed by atoms with Gasteiger partial charge in [0.05, 0.1) is 23.7 Å². The SMILES string of the molecule is CC(=O)Nc1ccc(N(C)CCC#N)c(C(=O)O)c1. The average Bonchev–Trinajstić information content (AvgIpc) is 2.35. The minimum atomic E-state index is -1.08. The van der Waals surface area contributed by atoms with E-state index in [2.05, 4.69) is 5.32 Å². The van der Waals surface area contributed by atoms with Crippen LogP contribution in [0.25, 0.3) is 0 Å². The molecule has 0 aromatic heterocycles. The van der Waals surface area contributed by atoms with Crippen molar-refractivity contribution in [3.8, 4) is 6.07 Å². The van der Waals surface area contributed by atoms with Gasteiger partial charge in [0.25, 0.3) is 0 Å². The Morgan fingerprint density at radius 2 is 2.16 bits per heavy atom. The third-order valence-corrected chi connectivity index (χ3v) is 2.52. The molecule has 0 heterocycles. The van der Waals surface area contributed by atoms with E-state index in [0.29, 0.717) is 24.3 Å². The summed E-state index contributed by atoms with van der Waals surface area (Å²) in [5.74, 6) is -1.34. The summed E-state index contributed by atoms with van der Waals surface area (Å²) in [5, 5.41) is 20.3. The molecule has 2 N–H and O–H groups in total. The maximum absolute atomic E-state index is 11.2.